The van der Waals surface area contributed by atoms with Gasteiger partial charge in [-0.25, -0.2) is 30.8 Å². The second kappa shape index (κ2) is 18.6. The van der Waals surface area contributed by atoms with Crippen LogP contribution < -0.4 is 20.9 Å². The van der Waals surface area contributed by atoms with Gasteiger partial charge in [0.2, 0.25) is 10.3 Å². The topological polar surface area (TPSA) is 103 Å². The average Bonchev–Trinajstić information content (AvgIpc) is 3.70. The van der Waals surface area contributed by atoms with Gasteiger partial charge in [0.05, 0.1) is 0 Å². The molecule has 0 saturated carbocycles. The molecule has 2 fully saturated rings. The quantitative estimate of drug-likeness (QED) is 0.120. The van der Waals surface area contributed by atoms with Gasteiger partial charge < -0.3 is 49.7 Å². The minimum atomic E-state index is -2.03. The number of hydrogen-bond acceptors (Lipinski definition) is 16. The van der Waals surface area contributed by atoms with Crippen LogP contribution in [0.4, 0.5) is 10.3 Å². The molecule has 0 aromatic carbocycles. The second-order valence-corrected chi connectivity index (χ2v) is 13.1. The second-order valence-electron chi connectivity index (χ2n) is 6.77. The third-order valence-electron chi connectivity index (χ3n) is 4.41. The predicted octanol–water partition coefficient (Wildman–Crippen LogP) is 2.44. The van der Waals surface area contributed by atoms with E-state index in [9.17, 15) is 0 Å². The molecule has 39 heavy (non-hydrogen) atoms. The van der Waals surface area contributed by atoms with Crippen molar-refractivity contribution in [1.29, 1.82) is 0 Å². The Kier molecular flexibility index (Phi) is 16.8. The van der Waals surface area contributed by atoms with Crippen molar-refractivity contribution >= 4 is 150 Å². The molecule has 2 aliphatic heterocycles. The number of hydrogen-bond donors (Lipinski definition) is 4. The molecule has 212 valence electrons. The average molecular weight is 801 g/mol. The molecule has 4 heterocycles. The van der Waals surface area contributed by atoms with Crippen molar-refractivity contribution in [3.8, 4) is 0 Å². The van der Waals surface area contributed by atoms with Crippen molar-refractivity contribution in [1.82, 2.24) is 41.3 Å². The third-order valence-corrected chi connectivity index (χ3v) is 7.28. The summed E-state index contributed by atoms with van der Waals surface area (Å²) in [5.41, 5.74) is 6.37. The number of thiocarbonyl (C=S) groups is 4. The summed E-state index contributed by atoms with van der Waals surface area (Å²) in [6.45, 7) is 3.37. The molecular weight excluding hydrogens is 781 g/mol. The van der Waals surface area contributed by atoms with E-state index in [0.717, 1.165) is 39.0 Å². The predicted molar refractivity (Wildman–Crippen MR) is 176 cm³/mol. The van der Waals surface area contributed by atoms with Crippen LogP contribution in [0, 0.1) is 0 Å². The van der Waals surface area contributed by atoms with Crippen LogP contribution in [-0.4, -0.2) is 73.9 Å². The zero-order valence-corrected chi connectivity index (χ0v) is 29.8. The molecule has 2 aliphatic rings. The summed E-state index contributed by atoms with van der Waals surface area (Å²) in [6, 6.07) is 0. The zero-order valence-electron chi connectivity index (χ0n) is 19.5. The summed E-state index contributed by atoms with van der Waals surface area (Å²) in [7, 11) is 0. The molecule has 4 rings (SSSR count). The van der Waals surface area contributed by atoms with E-state index in [0.29, 0.717) is 18.9 Å². The van der Waals surface area contributed by atoms with Crippen molar-refractivity contribution < 1.29 is 25.3 Å². The zero-order chi connectivity index (χ0) is 28.9. The molecule has 0 spiro atoms. The molecule has 2 N–H and O–H groups in total. The Bertz CT molecular complexity index is 1040. The van der Waals surface area contributed by atoms with E-state index >= 15 is 0 Å². The molecule has 23 heteroatoms. The number of anilines is 2. The Morgan fingerprint density at radius 2 is 1.21 bits per heavy atom. The fourth-order valence-corrected chi connectivity index (χ4v) is 5.97. The number of thiol groups is 2. The van der Waals surface area contributed by atoms with Gasteiger partial charge in [-0.05, 0) is 45.9 Å². The third kappa shape index (κ3) is 10.7. The molecule has 2 aromatic heterocycles. The first-order valence-corrected chi connectivity index (χ1v) is 17.2. The summed E-state index contributed by atoms with van der Waals surface area (Å²) in [5.74, 6) is 0. The van der Waals surface area contributed by atoms with Crippen molar-refractivity contribution in [2.75, 3.05) is 36.2 Å². The summed E-state index contributed by atoms with van der Waals surface area (Å²) < 4.78 is 18.2. The Hall–Kier alpha value is 0.0883. The SMILES string of the molecule is S=C([S-])N(c1nccs1)N(C(=S)S)N1CCCN1.S=C([S-])N(c1nccs1)N(C(=S)S)N1CCCN1.[O]=[Mo+2]=[O]. The van der Waals surface area contributed by atoms with Crippen molar-refractivity contribution in [3.05, 3.63) is 23.2 Å². The number of aromatic nitrogens is 2. The number of nitrogens with one attached hydrogen (secondary N) is 2. The van der Waals surface area contributed by atoms with E-state index in [-0.39, 0.29) is 8.64 Å². The van der Waals surface area contributed by atoms with Crippen LogP contribution in [0.5, 0.6) is 0 Å². The molecule has 0 aliphatic carbocycles. The monoisotopic (exact) mass is 802 g/mol. The first kappa shape index (κ1) is 35.3. The number of thiazole rings is 2. The van der Waals surface area contributed by atoms with Gasteiger partial charge in [-0.2, -0.15) is 10.2 Å². The minimum absolute atomic E-state index is 0.245. The van der Waals surface area contributed by atoms with E-state index in [4.69, 9.17) is 80.9 Å². The van der Waals surface area contributed by atoms with E-state index in [1.54, 1.807) is 32.6 Å². The fourth-order valence-electron chi connectivity index (χ4n) is 3.06. The first-order chi connectivity index (χ1) is 18.6. The normalized spacial score (nSPS) is 14.6. The van der Waals surface area contributed by atoms with Gasteiger partial charge in [0.1, 0.15) is 0 Å². The van der Waals surface area contributed by atoms with Crippen LogP contribution in [0.1, 0.15) is 12.8 Å². The van der Waals surface area contributed by atoms with Gasteiger partial charge in [-0.15, -0.1) is 58.2 Å². The maximum absolute atomic E-state index is 8.50. The first-order valence-electron chi connectivity index (χ1n) is 10.4. The van der Waals surface area contributed by atoms with Gasteiger partial charge >= 0.3 is 25.3 Å². The number of nitrogens with zero attached hydrogens (tertiary/aromatic N) is 8. The van der Waals surface area contributed by atoms with E-state index < -0.39 is 18.5 Å². The van der Waals surface area contributed by atoms with Crippen molar-refractivity contribution in [2.45, 2.75) is 12.8 Å². The van der Waals surface area contributed by atoms with E-state index in [2.05, 4.69) is 46.1 Å². The van der Waals surface area contributed by atoms with Gasteiger partial charge in [-0.1, -0.05) is 0 Å². The number of rotatable bonds is 4. The van der Waals surface area contributed by atoms with Crippen LogP contribution >= 0.6 is 96.8 Å². The van der Waals surface area contributed by atoms with Crippen molar-refractivity contribution in [3.63, 3.8) is 0 Å². The van der Waals surface area contributed by atoms with E-state index in [1.165, 1.54) is 22.7 Å². The summed E-state index contributed by atoms with van der Waals surface area (Å²) >= 11 is 40.1. The molecule has 0 bridgehead atoms. The van der Waals surface area contributed by atoms with Crippen LogP contribution in [-0.2, 0) is 50.5 Å². The van der Waals surface area contributed by atoms with Crippen LogP contribution in [0.15, 0.2) is 23.2 Å². The summed E-state index contributed by atoms with van der Waals surface area (Å²) in [4.78, 5) is 8.43. The van der Waals surface area contributed by atoms with Gasteiger partial charge in [0.15, 0.2) is 8.64 Å². The van der Waals surface area contributed by atoms with Crippen molar-refractivity contribution in [2.24, 2.45) is 0 Å². The van der Waals surface area contributed by atoms with Crippen LogP contribution in [0.2, 0.25) is 0 Å². The van der Waals surface area contributed by atoms with E-state index in [1.807, 2.05) is 21.0 Å². The van der Waals surface area contributed by atoms with Gasteiger partial charge in [-0.3, -0.25) is 0 Å². The molecule has 2 saturated heterocycles. The molecule has 0 unspecified atom stereocenters. The maximum atomic E-state index is 8.50. The molecule has 0 radical (unpaired) electrons. The molecule has 0 amide bonds. The Morgan fingerprint density at radius 3 is 1.41 bits per heavy atom. The van der Waals surface area contributed by atoms with Crippen LogP contribution in [0.25, 0.3) is 0 Å². The summed E-state index contributed by atoms with van der Waals surface area (Å²) in [5, 5.41) is 15.2. The summed E-state index contributed by atoms with van der Waals surface area (Å²) in [6.07, 6.45) is 5.42. The molecule has 0 atom stereocenters. The molecular formula is C16H20MoN10O2S10. The standard InChI is InChI=1S/2C8H11N5S5.Mo.2O/c2*14-7(15)12(6-9-3-5-18-6)13(8(16)17)11-4-1-2-10-11;;;/h2*3,5,10H,1-2,4H2,(H,14,15)(H,16,17);;;/q;;+2;;/p-2. The van der Waals surface area contributed by atoms with Crippen LogP contribution in [0.3, 0.4) is 0 Å². The Morgan fingerprint density at radius 1 is 0.846 bits per heavy atom. The Labute approximate surface area is 285 Å². The van der Waals surface area contributed by atoms with Gasteiger partial charge in [0, 0.05) is 49.3 Å². The van der Waals surface area contributed by atoms with Gasteiger partial charge in [0.25, 0.3) is 0 Å². The molecule has 12 nitrogen and oxygen atoms in total. The fraction of sp³-hybridized carbons (Fsp3) is 0.375. The molecule has 2 aromatic rings. The Balaban J connectivity index is 0.000000249. The number of hydrazine groups is 6.